The number of sulfone groups is 1. The normalized spacial score (nSPS) is 19.5. The van der Waals surface area contributed by atoms with Crippen LogP contribution >= 0.6 is 0 Å². The molecule has 0 spiro atoms. The molecule has 4 heteroatoms. The Kier molecular flexibility index (Phi) is 4.11. The molecule has 0 radical (unpaired) electrons. The molecule has 1 aliphatic carbocycles. The Morgan fingerprint density at radius 3 is 2.29 bits per heavy atom. The summed E-state index contributed by atoms with van der Waals surface area (Å²) in [5, 5.41) is -0.171. The van der Waals surface area contributed by atoms with Crippen LogP contribution in [0.5, 0.6) is 0 Å². The summed E-state index contributed by atoms with van der Waals surface area (Å²) >= 11 is 0. The van der Waals surface area contributed by atoms with E-state index >= 15 is 0 Å². The molecule has 0 atom stereocenters. The fourth-order valence-electron chi connectivity index (χ4n) is 1.88. The third-order valence-electron chi connectivity index (χ3n) is 2.80. The van der Waals surface area contributed by atoms with Crippen molar-refractivity contribution in [3.63, 3.8) is 0 Å². The molecule has 82 valence electrons. The molecule has 14 heavy (non-hydrogen) atoms. The van der Waals surface area contributed by atoms with Crippen molar-refractivity contribution in [3.05, 3.63) is 0 Å². The molecule has 0 unspecified atom stereocenters. The Hall–Kier alpha value is -0.380. The van der Waals surface area contributed by atoms with Crippen LogP contribution in [0.3, 0.4) is 0 Å². The van der Waals surface area contributed by atoms with Crippen molar-refractivity contribution >= 4 is 15.6 Å². The van der Waals surface area contributed by atoms with Gasteiger partial charge in [0.15, 0.2) is 9.84 Å². The Morgan fingerprint density at radius 1 is 1.21 bits per heavy atom. The average molecular weight is 218 g/mol. The lowest BCUT2D eigenvalue weighted by atomic mass is 10.0. The van der Waals surface area contributed by atoms with Crippen LogP contribution < -0.4 is 0 Å². The van der Waals surface area contributed by atoms with E-state index in [4.69, 9.17) is 0 Å². The van der Waals surface area contributed by atoms with Crippen LogP contribution in [0.25, 0.3) is 0 Å². The molecule has 0 aromatic heterocycles. The summed E-state index contributed by atoms with van der Waals surface area (Å²) in [6.45, 7) is 1.44. The Labute approximate surface area is 85.8 Å². The van der Waals surface area contributed by atoms with Crippen LogP contribution in [0.1, 0.15) is 45.4 Å². The molecule has 0 amide bonds. The monoisotopic (exact) mass is 218 g/mol. The number of carbonyl (C=O) groups is 1. The molecular weight excluding hydrogens is 200 g/mol. The van der Waals surface area contributed by atoms with Gasteiger partial charge in [-0.15, -0.1) is 0 Å². The Bertz CT molecular complexity index is 286. The minimum Gasteiger partial charge on any atom is -0.300 e. The summed E-state index contributed by atoms with van der Waals surface area (Å²) in [4.78, 5) is 10.7. The maximum Gasteiger partial charge on any atom is 0.153 e. The van der Waals surface area contributed by atoms with Crippen molar-refractivity contribution in [2.24, 2.45) is 0 Å². The predicted molar refractivity (Wildman–Crippen MR) is 56.0 cm³/mol. The summed E-state index contributed by atoms with van der Waals surface area (Å²) < 4.78 is 23.5. The summed E-state index contributed by atoms with van der Waals surface area (Å²) in [5.41, 5.74) is 0. The first kappa shape index (κ1) is 11.7. The smallest absolute Gasteiger partial charge is 0.153 e. The molecule has 0 saturated heterocycles. The maximum absolute atomic E-state index is 11.7. The van der Waals surface area contributed by atoms with Gasteiger partial charge in [0.2, 0.25) is 0 Å². The van der Waals surface area contributed by atoms with E-state index in [1.54, 1.807) is 0 Å². The highest BCUT2D eigenvalue weighted by molar-refractivity contribution is 7.92. The fraction of sp³-hybridized carbons (Fsp3) is 0.900. The van der Waals surface area contributed by atoms with Gasteiger partial charge >= 0.3 is 0 Å². The van der Waals surface area contributed by atoms with E-state index in [-0.39, 0.29) is 23.2 Å². The standard InChI is InChI=1S/C10H18O3S/c1-9(11)7-8-14(12,13)10-5-3-2-4-6-10/h10H,2-8H2,1H3. The van der Waals surface area contributed by atoms with Gasteiger partial charge in [-0.2, -0.15) is 0 Å². The number of rotatable bonds is 4. The van der Waals surface area contributed by atoms with Gasteiger partial charge in [-0.1, -0.05) is 19.3 Å². The van der Waals surface area contributed by atoms with Gasteiger partial charge in [0.05, 0.1) is 11.0 Å². The summed E-state index contributed by atoms with van der Waals surface area (Å²) in [6.07, 6.45) is 4.95. The molecule has 0 bridgehead atoms. The lowest BCUT2D eigenvalue weighted by Gasteiger charge is -2.21. The van der Waals surface area contributed by atoms with Crippen molar-refractivity contribution in [1.82, 2.24) is 0 Å². The number of ketones is 1. The minimum absolute atomic E-state index is 0.0376. The van der Waals surface area contributed by atoms with Gasteiger partial charge in [-0.25, -0.2) is 8.42 Å². The predicted octanol–water partition coefficient (Wildman–Crippen LogP) is 1.71. The first-order chi connectivity index (χ1) is 6.52. The van der Waals surface area contributed by atoms with Gasteiger partial charge in [0, 0.05) is 6.42 Å². The summed E-state index contributed by atoms with van der Waals surface area (Å²) in [7, 11) is -3.00. The third kappa shape index (κ3) is 3.40. The summed E-state index contributed by atoms with van der Waals surface area (Å²) in [6, 6.07) is 0. The highest BCUT2D eigenvalue weighted by Gasteiger charge is 2.26. The van der Waals surface area contributed by atoms with Crippen molar-refractivity contribution in [1.29, 1.82) is 0 Å². The van der Waals surface area contributed by atoms with E-state index in [9.17, 15) is 13.2 Å². The number of carbonyl (C=O) groups excluding carboxylic acids is 1. The van der Waals surface area contributed by atoms with E-state index in [2.05, 4.69) is 0 Å². The van der Waals surface area contributed by atoms with Crippen molar-refractivity contribution in [2.75, 3.05) is 5.75 Å². The van der Waals surface area contributed by atoms with Crippen LogP contribution in [0, 0.1) is 0 Å². The lowest BCUT2D eigenvalue weighted by molar-refractivity contribution is -0.116. The zero-order valence-corrected chi connectivity index (χ0v) is 9.48. The zero-order valence-electron chi connectivity index (χ0n) is 8.66. The number of Topliss-reactive ketones (excluding diaryl/α,β-unsaturated/α-hetero) is 1. The van der Waals surface area contributed by atoms with Crippen LogP contribution in [0.15, 0.2) is 0 Å². The largest absolute Gasteiger partial charge is 0.300 e. The molecule has 0 aromatic carbocycles. The Morgan fingerprint density at radius 2 is 1.79 bits per heavy atom. The molecule has 1 fully saturated rings. The fourth-order valence-corrected chi connectivity index (χ4v) is 3.83. The number of hydrogen-bond donors (Lipinski definition) is 0. The molecule has 1 saturated carbocycles. The second kappa shape index (κ2) is 4.91. The molecule has 0 aliphatic heterocycles. The first-order valence-electron chi connectivity index (χ1n) is 5.23. The highest BCUT2D eigenvalue weighted by atomic mass is 32.2. The second-order valence-electron chi connectivity index (χ2n) is 4.08. The zero-order chi connectivity index (χ0) is 10.6. The molecule has 0 heterocycles. The van der Waals surface area contributed by atoms with Crippen LogP contribution in [0.4, 0.5) is 0 Å². The topological polar surface area (TPSA) is 51.2 Å². The minimum atomic E-state index is -3.00. The molecule has 3 nitrogen and oxygen atoms in total. The van der Waals surface area contributed by atoms with E-state index in [1.807, 2.05) is 0 Å². The van der Waals surface area contributed by atoms with Gasteiger partial charge in [0.25, 0.3) is 0 Å². The van der Waals surface area contributed by atoms with E-state index < -0.39 is 9.84 Å². The van der Waals surface area contributed by atoms with Crippen LogP contribution in [-0.4, -0.2) is 25.2 Å². The maximum atomic E-state index is 11.7. The Balaban J connectivity index is 2.50. The quantitative estimate of drug-likeness (QED) is 0.722. The lowest BCUT2D eigenvalue weighted by Crippen LogP contribution is -2.27. The van der Waals surface area contributed by atoms with E-state index in [1.165, 1.54) is 6.92 Å². The molecule has 0 aromatic rings. The van der Waals surface area contributed by atoms with Gasteiger partial charge < -0.3 is 0 Å². The first-order valence-corrected chi connectivity index (χ1v) is 6.95. The van der Waals surface area contributed by atoms with Crippen LogP contribution in [0.2, 0.25) is 0 Å². The molecule has 1 rings (SSSR count). The van der Waals surface area contributed by atoms with Crippen LogP contribution in [-0.2, 0) is 14.6 Å². The third-order valence-corrected chi connectivity index (χ3v) is 5.06. The van der Waals surface area contributed by atoms with E-state index in [0.717, 1.165) is 32.1 Å². The molecule has 0 N–H and O–H groups in total. The van der Waals surface area contributed by atoms with Gasteiger partial charge in [0.1, 0.15) is 5.78 Å². The molecule has 1 aliphatic rings. The van der Waals surface area contributed by atoms with Gasteiger partial charge in [-0.05, 0) is 19.8 Å². The van der Waals surface area contributed by atoms with Crippen molar-refractivity contribution in [3.8, 4) is 0 Å². The molecular formula is C10H18O3S. The average Bonchev–Trinajstić information content (AvgIpc) is 2.16. The second-order valence-corrected chi connectivity index (χ2v) is 6.48. The SMILES string of the molecule is CC(=O)CCS(=O)(=O)C1CCCCC1. The van der Waals surface area contributed by atoms with Gasteiger partial charge in [-0.3, -0.25) is 4.79 Å². The van der Waals surface area contributed by atoms with Crippen molar-refractivity contribution < 1.29 is 13.2 Å². The summed E-state index contributed by atoms with van der Waals surface area (Å²) in [5.74, 6) is 0.0110. The number of hydrogen-bond acceptors (Lipinski definition) is 3. The van der Waals surface area contributed by atoms with Crippen molar-refractivity contribution in [2.45, 2.75) is 50.7 Å². The van der Waals surface area contributed by atoms with E-state index in [0.29, 0.717) is 0 Å². The highest BCUT2D eigenvalue weighted by Crippen LogP contribution is 2.24.